The number of nitrogens with one attached hydrogen (secondary N) is 2. The van der Waals surface area contributed by atoms with Gasteiger partial charge in [0.15, 0.2) is 5.96 Å². The Kier molecular flexibility index (Phi) is 7.41. The van der Waals surface area contributed by atoms with Gasteiger partial charge in [0.05, 0.1) is 18.8 Å². The van der Waals surface area contributed by atoms with E-state index in [1.807, 2.05) is 25.3 Å². The number of aromatic nitrogens is 1. The minimum atomic E-state index is -0.235. The summed E-state index contributed by atoms with van der Waals surface area (Å²) < 4.78 is 19.1. The number of aliphatic imine (C=N–C) groups is 1. The molecule has 1 aromatic heterocycles. The Morgan fingerprint density at radius 2 is 1.97 bits per heavy atom. The van der Waals surface area contributed by atoms with Crippen LogP contribution in [0.2, 0.25) is 0 Å². The van der Waals surface area contributed by atoms with Crippen LogP contribution < -0.4 is 15.5 Å². The van der Waals surface area contributed by atoms with Crippen LogP contribution in [0.25, 0.3) is 0 Å². The van der Waals surface area contributed by atoms with Crippen molar-refractivity contribution in [3.05, 3.63) is 59.5 Å². The average molecular weight is 400 g/mol. The van der Waals surface area contributed by atoms with Crippen LogP contribution in [0.4, 0.5) is 10.2 Å². The Labute approximate surface area is 172 Å². The molecule has 3 rings (SSSR count). The molecule has 0 amide bonds. The van der Waals surface area contributed by atoms with Crippen molar-refractivity contribution in [3.8, 4) is 0 Å². The number of morpholine rings is 1. The number of pyridine rings is 1. The summed E-state index contributed by atoms with van der Waals surface area (Å²) in [7, 11) is 0. The molecule has 1 aliphatic rings. The Bertz CT molecular complexity index is 801. The molecule has 1 aliphatic heterocycles. The van der Waals surface area contributed by atoms with Crippen LogP contribution >= 0.6 is 0 Å². The lowest BCUT2D eigenvalue weighted by Gasteiger charge is -2.36. The fourth-order valence-corrected chi connectivity index (χ4v) is 3.41. The van der Waals surface area contributed by atoms with E-state index in [2.05, 4.69) is 45.4 Å². The van der Waals surface area contributed by atoms with E-state index in [0.717, 1.165) is 36.6 Å². The van der Waals surface area contributed by atoms with E-state index in [0.29, 0.717) is 19.0 Å². The lowest BCUT2D eigenvalue weighted by molar-refractivity contribution is -0.00545. The monoisotopic (exact) mass is 399 g/mol. The van der Waals surface area contributed by atoms with E-state index in [1.165, 1.54) is 12.1 Å². The quantitative estimate of drug-likeness (QED) is 0.577. The maximum Gasteiger partial charge on any atom is 0.191 e. The van der Waals surface area contributed by atoms with Crippen molar-refractivity contribution in [2.45, 2.75) is 46.1 Å². The molecule has 0 spiro atoms. The highest BCUT2D eigenvalue weighted by Crippen LogP contribution is 2.18. The van der Waals surface area contributed by atoms with Crippen molar-refractivity contribution >= 4 is 11.8 Å². The van der Waals surface area contributed by atoms with Gasteiger partial charge >= 0.3 is 0 Å². The van der Waals surface area contributed by atoms with E-state index in [-0.39, 0.29) is 18.0 Å². The fraction of sp³-hybridized carbons (Fsp3) is 0.455. The minimum absolute atomic E-state index is 0.205. The molecule has 1 aromatic carbocycles. The molecule has 29 heavy (non-hydrogen) atoms. The Morgan fingerprint density at radius 3 is 2.62 bits per heavy atom. The zero-order valence-electron chi connectivity index (χ0n) is 17.4. The predicted molar refractivity (Wildman–Crippen MR) is 115 cm³/mol. The predicted octanol–water partition coefficient (Wildman–Crippen LogP) is 3.09. The fourth-order valence-electron chi connectivity index (χ4n) is 3.41. The van der Waals surface area contributed by atoms with Gasteiger partial charge in [-0.15, -0.1) is 0 Å². The van der Waals surface area contributed by atoms with Crippen molar-refractivity contribution in [1.29, 1.82) is 0 Å². The van der Waals surface area contributed by atoms with Crippen LogP contribution in [0.5, 0.6) is 0 Å². The Hall–Kier alpha value is -2.67. The van der Waals surface area contributed by atoms with Gasteiger partial charge < -0.3 is 20.3 Å². The van der Waals surface area contributed by atoms with Crippen LogP contribution in [0.3, 0.4) is 0 Å². The highest BCUT2D eigenvalue weighted by molar-refractivity contribution is 5.79. The molecule has 6 nitrogen and oxygen atoms in total. The van der Waals surface area contributed by atoms with Crippen molar-refractivity contribution in [2.24, 2.45) is 4.99 Å². The van der Waals surface area contributed by atoms with Crippen molar-refractivity contribution in [1.82, 2.24) is 15.6 Å². The molecule has 7 heteroatoms. The topological polar surface area (TPSA) is 61.8 Å². The maximum atomic E-state index is 13.3. The largest absolute Gasteiger partial charge is 0.372 e. The summed E-state index contributed by atoms with van der Waals surface area (Å²) in [6, 6.07) is 10.7. The van der Waals surface area contributed by atoms with Gasteiger partial charge in [-0.25, -0.2) is 14.4 Å². The van der Waals surface area contributed by atoms with E-state index in [9.17, 15) is 4.39 Å². The van der Waals surface area contributed by atoms with Crippen LogP contribution in [-0.4, -0.2) is 42.8 Å². The number of ether oxygens (including phenoxy) is 1. The Balaban J connectivity index is 1.58. The number of halogens is 1. The van der Waals surface area contributed by atoms with Gasteiger partial charge in [-0.1, -0.05) is 18.2 Å². The zero-order valence-corrected chi connectivity index (χ0v) is 17.4. The molecule has 0 bridgehead atoms. The molecule has 1 saturated heterocycles. The molecular weight excluding hydrogens is 369 g/mol. The second-order valence-corrected chi connectivity index (χ2v) is 7.37. The number of benzene rings is 1. The first-order valence-corrected chi connectivity index (χ1v) is 10.2. The molecule has 2 unspecified atom stereocenters. The van der Waals surface area contributed by atoms with E-state index in [1.54, 1.807) is 6.07 Å². The van der Waals surface area contributed by atoms with Crippen LogP contribution in [-0.2, 0) is 17.8 Å². The van der Waals surface area contributed by atoms with Gasteiger partial charge in [0.1, 0.15) is 11.6 Å². The summed E-state index contributed by atoms with van der Waals surface area (Å²) in [5.41, 5.74) is 1.90. The van der Waals surface area contributed by atoms with Gasteiger partial charge in [0.2, 0.25) is 0 Å². The smallest absolute Gasteiger partial charge is 0.191 e. The van der Waals surface area contributed by atoms with Gasteiger partial charge in [-0.3, -0.25) is 0 Å². The van der Waals surface area contributed by atoms with E-state index >= 15 is 0 Å². The summed E-state index contributed by atoms with van der Waals surface area (Å²) in [6.45, 7) is 9.66. The number of nitrogens with zero attached hydrogens (tertiary/aromatic N) is 3. The second kappa shape index (κ2) is 10.2. The summed E-state index contributed by atoms with van der Waals surface area (Å²) in [4.78, 5) is 11.5. The molecule has 156 valence electrons. The second-order valence-electron chi connectivity index (χ2n) is 7.37. The van der Waals surface area contributed by atoms with Gasteiger partial charge in [-0.05, 0) is 50.1 Å². The molecule has 0 aliphatic carbocycles. The number of hydrogen-bond acceptors (Lipinski definition) is 4. The number of anilines is 1. The molecule has 0 radical (unpaired) electrons. The molecule has 2 atom stereocenters. The first kappa shape index (κ1) is 21.0. The lowest BCUT2D eigenvalue weighted by atomic mass is 10.2. The zero-order chi connectivity index (χ0) is 20.6. The maximum absolute atomic E-state index is 13.3. The standard InChI is InChI=1S/C22H30FN5O/c1-4-24-22(26-11-18-6-5-7-20(23)10-18)27-13-19-8-9-21(25-12-19)28-14-16(2)29-17(3)15-28/h5-10,12,16-17H,4,11,13-15H2,1-3H3,(H2,24,26,27). The summed E-state index contributed by atoms with van der Waals surface area (Å²) in [5, 5.41) is 6.45. The van der Waals surface area contributed by atoms with Crippen LogP contribution in [0.1, 0.15) is 31.9 Å². The van der Waals surface area contributed by atoms with Crippen molar-refractivity contribution in [2.75, 3.05) is 24.5 Å². The van der Waals surface area contributed by atoms with Gasteiger partial charge in [-0.2, -0.15) is 0 Å². The highest BCUT2D eigenvalue weighted by atomic mass is 19.1. The number of guanidine groups is 1. The number of rotatable bonds is 6. The third-order valence-electron chi connectivity index (χ3n) is 4.67. The summed E-state index contributed by atoms with van der Waals surface area (Å²) in [6.07, 6.45) is 2.29. The molecule has 2 N–H and O–H groups in total. The first-order valence-electron chi connectivity index (χ1n) is 10.2. The molecule has 2 heterocycles. The third-order valence-corrected chi connectivity index (χ3v) is 4.67. The Morgan fingerprint density at radius 1 is 1.17 bits per heavy atom. The average Bonchev–Trinajstić information content (AvgIpc) is 2.70. The molecule has 0 saturated carbocycles. The van der Waals surface area contributed by atoms with Crippen LogP contribution in [0.15, 0.2) is 47.6 Å². The normalized spacial score (nSPS) is 19.9. The SMILES string of the molecule is CCNC(=NCc1ccc(N2CC(C)OC(C)C2)nc1)NCc1cccc(F)c1. The van der Waals surface area contributed by atoms with E-state index < -0.39 is 0 Å². The first-order chi connectivity index (χ1) is 14.0. The third kappa shape index (κ3) is 6.42. The van der Waals surface area contributed by atoms with Crippen molar-refractivity contribution in [3.63, 3.8) is 0 Å². The molecule has 1 fully saturated rings. The van der Waals surface area contributed by atoms with Gasteiger partial charge in [0.25, 0.3) is 0 Å². The van der Waals surface area contributed by atoms with Crippen molar-refractivity contribution < 1.29 is 9.13 Å². The van der Waals surface area contributed by atoms with E-state index in [4.69, 9.17) is 4.74 Å². The van der Waals surface area contributed by atoms with Gasteiger partial charge in [0, 0.05) is 32.4 Å². The molecular formula is C22H30FN5O. The number of hydrogen-bond donors (Lipinski definition) is 2. The minimum Gasteiger partial charge on any atom is -0.372 e. The summed E-state index contributed by atoms with van der Waals surface area (Å²) in [5.74, 6) is 1.42. The highest BCUT2D eigenvalue weighted by Gasteiger charge is 2.22. The summed E-state index contributed by atoms with van der Waals surface area (Å²) >= 11 is 0. The lowest BCUT2D eigenvalue weighted by Crippen LogP contribution is -2.45. The molecule has 2 aromatic rings. The van der Waals surface area contributed by atoms with Crippen LogP contribution in [0, 0.1) is 5.82 Å².